The minimum Gasteiger partial charge on any atom is -0.353 e. The first kappa shape index (κ1) is 15.7. The van der Waals surface area contributed by atoms with Crippen LogP contribution in [0, 0.1) is 6.92 Å². The van der Waals surface area contributed by atoms with Crippen LogP contribution in [0.25, 0.3) is 5.82 Å². The molecule has 1 aliphatic heterocycles. The Morgan fingerprint density at radius 3 is 2.60 bits per heavy atom. The minimum absolute atomic E-state index is 0.0690. The van der Waals surface area contributed by atoms with Gasteiger partial charge in [0.2, 0.25) is 0 Å². The molecule has 0 bridgehead atoms. The summed E-state index contributed by atoms with van der Waals surface area (Å²) in [6, 6.07) is 3.77. The Morgan fingerprint density at radius 2 is 1.92 bits per heavy atom. The summed E-state index contributed by atoms with van der Waals surface area (Å²) in [5.41, 5.74) is 2.52. The number of hydrogen-bond acceptors (Lipinski definition) is 7. The van der Waals surface area contributed by atoms with Crippen LogP contribution in [-0.2, 0) is 0 Å². The van der Waals surface area contributed by atoms with Gasteiger partial charge in [-0.1, -0.05) is 0 Å². The van der Waals surface area contributed by atoms with Crippen molar-refractivity contribution in [3.63, 3.8) is 0 Å². The summed E-state index contributed by atoms with van der Waals surface area (Å²) in [5, 5.41) is 4.19. The summed E-state index contributed by atoms with van der Waals surface area (Å²) < 4.78 is 1.71. The maximum atomic E-state index is 12.6. The lowest BCUT2D eigenvalue weighted by Gasteiger charge is -2.35. The molecule has 0 atom stereocenters. The van der Waals surface area contributed by atoms with Gasteiger partial charge in [-0.2, -0.15) is 5.10 Å². The topological polar surface area (TPSA) is 80.0 Å². The highest BCUT2D eigenvalue weighted by Crippen LogP contribution is 2.19. The fourth-order valence-corrected chi connectivity index (χ4v) is 3.60. The van der Waals surface area contributed by atoms with E-state index in [0.717, 1.165) is 35.3 Å². The van der Waals surface area contributed by atoms with Crippen LogP contribution in [-0.4, -0.2) is 61.7 Å². The molecule has 0 aliphatic carbocycles. The zero-order valence-corrected chi connectivity index (χ0v) is 14.6. The second kappa shape index (κ2) is 6.60. The van der Waals surface area contributed by atoms with Crippen molar-refractivity contribution in [2.45, 2.75) is 6.92 Å². The molecule has 1 saturated heterocycles. The third-order valence-electron chi connectivity index (χ3n) is 4.21. The van der Waals surface area contributed by atoms with E-state index in [0.29, 0.717) is 13.1 Å². The minimum atomic E-state index is 0.0690. The van der Waals surface area contributed by atoms with E-state index >= 15 is 0 Å². The first-order valence-corrected chi connectivity index (χ1v) is 8.87. The molecule has 0 N–H and O–H groups in total. The molecule has 25 heavy (non-hydrogen) atoms. The molecule has 4 heterocycles. The first-order valence-electron chi connectivity index (χ1n) is 7.99. The third-order valence-corrected chi connectivity index (χ3v) is 5.12. The molecule has 9 heteroatoms. The Kier molecular flexibility index (Phi) is 4.14. The molecular weight excluding hydrogens is 338 g/mol. The summed E-state index contributed by atoms with van der Waals surface area (Å²) in [5.74, 6) is 1.65. The van der Waals surface area contributed by atoms with E-state index in [4.69, 9.17) is 0 Å². The molecule has 4 rings (SSSR count). The number of aryl methyl sites for hydroxylation is 1. The van der Waals surface area contributed by atoms with Gasteiger partial charge in [0.1, 0.15) is 17.0 Å². The summed E-state index contributed by atoms with van der Waals surface area (Å²) in [6.45, 7) is 4.67. The lowest BCUT2D eigenvalue weighted by atomic mass is 10.2. The van der Waals surface area contributed by atoms with Crippen molar-refractivity contribution in [3.05, 3.63) is 46.9 Å². The molecule has 0 saturated carbocycles. The van der Waals surface area contributed by atoms with Gasteiger partial charge in [-0.15, -0.1) is 11.3 Å². The van der Waals surface area contributed by atoms with Gasteiger partial charge in [-0.05, 0) is 13.0 Å². The molecular formula is C16H17N7OS. The molecule has 1 amide bonds. The summed E-state index contributed by atoms with van der Waals surface area (Å²) >= 11 is 1.40. The smallest absolute Gasteiger partial charge is 0.265 e. The molecule has 0 aromatic carbocycles. The number of anilines is 1. The predicted molar refractivity (Wildman–Crippen MR) is 94.1 cm³/mol. The lowest BCUT2D eigenvalue weighted by molar-refractivity contribution is 0.0750. The van der Waals surface area contributed by atoms with Crippen molar-refractivity contribution >= 4 is 23.1 Å². The van der Waals surface area contributed by atoms with Crippen molar-refractivity contribution in [2.75, 3.05) is 31.1 Å². The number of carbonyl (C=O) groups is 1. The number of carbonyl (C=O) groups excluding carboxylic acids is 1. The van der Waals surface area contributed by atoms with E-state index in [-0.39, 0.29) is 5.91 Å². The van der Waals surface area contributed by atoms with E-state index in [2.05, 4.69) is 25.0 Å². The third kappa shape index (κ3) is 3.10. The van der Waals surface area contributed by atoms with Gasteiger partial charge in [0.15, 0.2) is 5.82 Å². The maximum Gasteiger partial charge on any atom is 0.265 e. The number of aromatic nitrogens is 5. The van der Waals surface area contributed by atoms with E-state index in [1.54, 1.807) is 22.7 Å². The van der Waals surface area contributed by atoms with Gasteiger partial charge in [0.25, 0.3) is 5.91 Å². The number of thiazole rings is 1. The molecule has 1 fully saturated rings. The average Bonchev–Trinajstić information content (AvgIpc) is 3.33. The average molecular weight is 355 g/mol. The van der Waals surface area contributed by atoms with Crippen molar-refractivity contribution in [1.29, 1.82) is 0 Å². The molecule has 3 aromatic rings. The number of hydrogen-bond donors (Lipinski definition) is 0. The Labute approximate surface area is 148 Å². The summed E-state index contributed by atoms with van der Waals surface area (Å²) in [7, 11) is 0. The summed E-state index contributed by atoms with van der Waals surface area (Å²) in [6.07, 6.45) is 5.11. The van der Waals surface area contributed by atoms with Crippen molar-refractivity contribution in [3.8, 4) is 5.82 Å². The van der Waals surface area contributed by atoms with Crippen LogP contribution in [0.3, 0.4) is 0 Å². The molecule has 0 radical (unpaired) electrons. The fraction of sp³-hybridized carbons (Fsp3) is 0.312. The Bertz CT molecular complexity index is 868. The van der Waals surface area contributed by atoms with Crippen LogP contribution in [0.4, 0.5) is 5.82 Å². The van der Waals surface area contributed by atoms with E-state index in [1.807, 2.05) is 30.2 Å². The summed E-state index contributed by atoms with van der Waals surface area (Å²) in [4.78, 5) is 30.1. The lowest BCUT2D eigenvalue weighted by Crippen LogP contribution is -2.49. The molecule has 128 valence electrons. The quantitative estimate of drug-likeness (QED) is 0.706. The van der Waals surface area contributed by atoms with Crippen molar-refractivity contribution in [1.82, 2.24) is 29.6 Å². The van der Waals surface area contributed by atoms with Crippen LogP contribution >= 0.6 is 11.3 Å². The fourth-order valence-electron chi connectivity index (χ4n) is 2.83. The van der Waals surface area contributed by atoms with Crippen LogP contribution in [0.1, 0.15) is 15.4 Å². The van der Waals surface area contributed by atoms with Crippen LogP contribution in [0.2, 0.25) is 0 Å². The molecule has 8 nitrogen and oxygen atoms in total. The Hall–Kier alpha value is -2.81. The van der Waals surface area contributed by atoms with Crippen LogP contribution < -0.4 is 4.90 Å². The standard InChI is InChI=1S/C16H17N7OS/c1-12-15(25-11-19-12)16(24)22-7-5-21(6-8-22)13-9-14(18-10-17-13)23-4-2-3-20-23/h2-4,9-11H,5-8H2,1H3. The monoisotopic (exact) mass is 355 g/mol. The van der Waals surface area contributed by atoms with Crippen LogP contribution in [0.15, 0.2) is 36.4 Å². The molecule has 3 aromatic heterocycles. The van der Waals surface area contributed by atoms with Crippen LogP contribution in [0.5, 0.6) is 0 Å². The highest BCUT2D eigenvalue weighted by molar-refractivity contribution is 7.11. The van der Waals surface area contributed by atoms with Gasteiger partial charge >= 0.3 is 0 Å². The van der Waals surface area contributed by atoms with Crippen molar-refractivity contribution < 1.29 is 4.79 Å². The second-order valence-electron chi connectivity index (χ2n) is 5.73. The van der Waals surface area contributed by atoms with E-state index in [1.165, 1.54) is 11.3 Å². The van der Waals surface area contributed by atoms with Gasteiger partial charge < -0.3 is 9.80 Å². The Morgan fingerprint density at radius 1 is 1.12 bits per heavy atom. The van der Waals surface area contributed by atoms with Gasteiger partial charge in [0, 0.05) is 44.6 Å². The Balaban J connectivity index is 1.45. The van der Waals surface area contributed by atoms with Gasteiger partial charge in [0.05, 0.1) is 11.2 Å². The predicted octanol–water partition coefficient (Wildman–Crippen LogP) is 1.39. The van der Waals surface area contributed by atoms with Gasteiger partial charge in [-0.3, -0.25) is 4.79 Å². The number of piperazine rings is 1. The number of nitrogens with zero attached hydrogens (tertiary/aromatic N) is 7. The van der Waals surface area contributed by atoms with Crippen molar-refractivity contribution in [2.24, 2.45) is 0 Å². The van der Waals surface area contributed by atoms with E-state index in [9.17, 15) is 4.79 Å². The highest BCUT2D eigenvalue weighted by atomic mass is 32.1. The molecule has 0 spiro atoms. The van der Waals surface area contributed by atoms with Gasteiger partial charge in [-0.25, -0.2) is 19.6 Å². The molecule has 0 unspecified atom stereocenters. The zero-order chi connectivity index (χ0) is 17.2. The number of rotatable bonds is 3. The molecule has 1 aliphatic rings. The second-order valence-corrected chi connectivity index (χ2v) is 6.59. The largest absolute Gasteiger partial charge is 0.353 e. The van der Waals surface area contributed by atoms with E-state index < -0.39 is 0 Å². The zero-order valence-electron chi connectivity index (χ0n) is 13.7. The SMILES string of the molecule is Cc1ncsc1C(=O)N1CCN(c2cc(-n3cccn3)ncn2)CC1. The maximum absolute atomic E-state index is 12.6. The number of amides is 1. The first-order chi connectivity index (χ1) is 12.2. The highest BCUT2D eigenvalue weighted by Gasteiger charge is 2.25. The normalized spacial score (nSPS) is 14.8.